The predicted octanol–water partition coefficient (Wildman–Crippen LogP) is 3.72. The molecule has 66 valence electrons. The van der Waals surface area contributed by atoms with Gasteiger partial charge in [0.2, 0.25) is 0 Å². The summed E-state index contributed by atoms with van der Waals surface area (Å²) in [6.45, 7) is 6.01. The van der Waals surface area contributed by atoms with Crippen molar-refractivity contribution in [3.63, 3.8) is 0 Å². The average Bonchev–Trinajstić information content (AvgIpc) is 2.53. The van der Waals surface area contributed by atoms with Crippen LogP contribution in [0.2, 0.25) is 0 Å². The molecule has 1 aliphatic rings. The molecule has 0 radical (unpaired) electrons. The fourth-order valence-electron chi connectivity index (χ4n) is 1.51. The van der Waals surface area contributed by atoms with E-state index in [0.717, 1.165) is 0 Å². The summed E-state index contributed by atoms with van der Waals surface area (Å²) in [7, 11) is 0. The smallest absolute Gasteiger partial charge is 0.00447 e. The van der Waals surface area contributed by atoms with Crippen molar-refractivity contribution in [3.8, 4) is 0 Å². The van der Waals surface area contributed by atoms with E-state index in [0.29, 0.717) is 11.8 Å². The predicted molar refractivity (Wildman–Crippen MR) is 55.0 cm³/mol. The van der Waals surface area contributed by atoms with Crippen LogP contribution in [0.3, 0.4) is 0 Å². The molecule has 0 saturated heterocycles. The molecular formula is C12H18. The molecule has 1 aliphatic carbocycles. The second-order valence-electron chi connectivity index (χ2n) is 3.40. The van der Waals surface area contributed by atoms with E-state index in [1.54, 1.807) is 0 Å². The Bertz CT molecular complexity index is 186. The van der Waals surface area contributed by atoms with Crippen molar-refractivity contribution in [1.82, 2.24) is 0 Å². The van der Waals surface area contributed by atoms with Crippen LogP contribution in [0.4, 0.5) is 0 Å². The Hall–Kier alpha value is -0.780. The summed E-state index contributed by atoms with van der Waals surface area (Å²) in [5.74, 6) is 1.28. The Morgan fingerprint density at radius 2 is 2.17 bits per heavy atom. The molecule has 0 aliphatic heterocycles. The van der Waals surface area contributed by atoms with Gasteiger partial charge in [-0.25, -0.2) is 0 Å². The van der Waals surface area contributed by atoms with Gasteiger partial charge >= 0.3 is 0 Å². The van der Waals surface area contributed by atoms with Gasteiger partial charge in [-0.1, -0.05) is 43.7 Å². The lowest BCUT2D eigenvalue weighted by molar-refractivity contribution is 0.676. The Kier molecular flexibility index (Phi) is 3.86. The van der Waals surface area contributed by atoms with Gasteiger partial charge < -0.3 is 0 Å². The molecule has 0 N–H and O–H groups in total. The third-order valence-electron chi connectivity index (χ3n) is 2.29. The van der Waals surface area contributed by atoms with E-state index in [4.69, 9.17) is 0 Å². The van der Waals surface area contributed by atoms with Crippen LogP contribution in [-0.4, -0.2) is 0 Å². The zero-order chi connectivity index (χ0) is 8.81. The first-order valence-corrected chi connectivity index (χ1v) is 4.84. The van der Waals surface area contributed by atoms with Gasteiger partial charge in [0.05, 0.1) is 0 Å². The van der Waals surface area contributed by atoms with E-state index in [1.165, 1.54) is 19.3 Å². The lowest BCUT2D eigenvalue weighted by atomic mass is 10.0. The molecule has 0 nitrogen and oxygen atoms in total. The third kappa shape index (κ3) is 2.69. The van der Waals surface area contributed by atoms with Crippen LogP contribution in [0, 0.1) is 11.8 Å². The molecule has 0 amide bonds. The fourth-order valence-corrected chi connectivity index (χ4v) is 1.51. The summed E-state index contributed by atoms with van der Waals surface area (Å²) in [5, 5.41) is 0. The fraction of sp³-hybridized carbons (Fsp3) is 0.500. The van der Waals surface area contributed by atoms with Crippen LogP contribution < -0.4 is 0 Å². The number of hydrogen-bond donors (Lipinski definition) is 0. The number of allylic oxidation sites excluding steroid dienone is 5. The minimum atomic E-state index is 0.612. The van der Waals surface area contributed by atoms with Gasteiger partial charge in [-0.15, -0.1) is 6.58 Å². The molecule has 0 bridgehead atoms. The highest BCUT2D eigenvalue weighted by Crippen LogP contribution is 2.25. The van der Waals surface area contributed by atoms with Crippen LogP contribution in [0.15, 0.2) is 37.0 Å². The monoisotopic (exact) mass is 162 g/mol. The van der Waals surface area contributed by atoms with E-state index in [9.17, 15) is 0 Å². The topological polar surface area (TPSA) is 0 Å². The molecular weight excluding hydrogens is 144 g/mol. The first-order chi connectivity index (χ1) is 5.86. The normalized spacial score (nSPS) is 28.4. The van der Waals surface area contributed by atoms with E-state index in [-0.39, 0.29) is 0 Å². The van der Waals surface area contributed by atoms with Crippen molar-refractivity contribution in [2.24, 2.45) is 11.8 Å². The Labute approximate surface area is 75.7 Å². The van der Waals surface area contributed by atoms with Crippen LogP contribution in [0.1, 0.15) is 26.2 Å². The molecule has 0 heteroatoms. The minimum absolute atomic E-state index is 0.612. The Morgan fingerprint density at radius 1 is 1.42 bits per heavy atom. The first-order valence-electron chi connectivity index (χ1n) is 4.84. The summed E-state index contributed by atoms with van der Waals surface area (Å²) in [6, 6.07) is 0. The van der Waals surface area contributed by atoms with E-state index >= 15 is 0 Å². The quantitative estimate of drug-likeness (QED) is 0.553. The third-order valence-corrected chi connectivity index (χ3v) is 2.29. The largest absolute Gasteiger partial charge is 0.102 e. The SMILES string of the molecule is C=CC1C=CC(/C=C/CCC)C1. The van der Waals surface area contributed by atoms with Crippen molar-refractivity contribution in [3.05, 3.63) is 37.0 Å². The van der Waals surface area contributed by atoms with Gasteiger partial charge in [0.25, 0.3) is 0 Å². The van der Waals surface area contributed by atoms with Crippen molar-refractivity contribution >= 4 is 0 Å². The van der Waals surface area contributed by atoms with Crippen molar-refractivity contribution in [2.45, 2.75) is 26.2 Å². The lowest BCUT2D eigenvalue weighted by Crippen LogP contribution is -1.91. The minimum Gasteiger partial charge on any atom is -0.102 e. The van der Waals surface area contributed by atoms with E-state index in [2.05, 4.69) is 37.8 Å². The zero-order valence-electron chi connectivity index (χ0n) is 7.87. The highest BCUT2D eigenvalue weighted by Gasteiger charge is 2.12. The van der Waals surface area contributed by atoms with E-state index < -0.39 is 0 Å². The van der Waals surface area contributed by atoms with Crippen molar-refractivity contribution < 1.29 is 0 Å². The molecule has 0 fully saturated rings. The Morgan fingerprint density at radius 3 is 2.75 bits per heavy atom. The maximum atomic E-state index is 3.80. The van der Waals surface area contributed by atoms with Crippen molar-refractivity contribution in [2.75, 3.05) is 0 Å². The summed E-state index contributed by atoms with van der Waals surface area (Å²) in [6.07, 6.45) is 14.9. The zero-order valence-corrected chi connectivity index (χ0v) is 7.87. The van der Waals surface area contributed by atoms with Gasteiger partial charge in [-0.2, -0.15) is 0 Å². The second kappa shape index (κ2) is 4.97. The number of rotatable bonds is 4. The maximum Gasteiger partial charge on any atom is -0.00447 e. The van der Waals surface area contributed by atoms with Crippen LogP contribution in [-0.2, 0) is 0 Å². The first kappa shape index (κ1) is 9.31. The summed E-state index contributed by atoms with van der Waals surface area (Å²) in [5.41, 5.74) is 0. The summed E-state index contributed by atoms with van der Waals surface area (Å²) >= 11 is 0. The molecule has 0 aromatic heterocycles. The molecule has 0 saturated carbocycles. The van der Waals surface area contributed by atoms with Crippen LogP contribution in [0.5, 0.6) is 0 Å². The maximum absolute atomic E-state index is 3.80. The van der Waals surface area contributed by atoms with Crippen LogP contribution >= 0.6 is 0 Å². The second-order valence-corrected chi connectivity index (χ2v) is 3.40. The highest BCUT2D eigenvalue weighted by molar-refractivity contribution is 5.13. The lowest BCUT2D eigenvalue weighted by Gasteiger charge is -2.02. The molecule has 2 atom stereocenters. The molecule has 0 aromatic carbocycles. The van der Waals surface area contributed by atoms with Crippen molar-refractivity contribution in [1.29, 1.82) is 0 Å². The molecule has 0 aromatic rings. The van der Waals surface area contributed by atoms with Gasteiger partial charge in [-0.3, -0.25) is 0 Å². The Balaban J connectivity index is 2.28. The average molecular weight is 162 g/mol. The van der Waals surface area contributed by atoms with Gasteiger partial charge in [-0.05, 0) is 24.7 Å². The molecule has 2 unspecified atom stereocenters. The molecule has 12 heavy (non-hydrogen) atoms. The summed E-state index contributed by atoms with van der Waals surface area (Å²) in [4.78, 5) is 0. The highest BCUT2D eigenvalue weighted by atomic mass is 14.2. The van der Waals surface area contributed by atoms with Crippen LogP contribution in [0.25, 0.3) is 0 Å². The van der Waals surface area contributed by atoms with Gasteiger partial charge in [0, 0.05) is 0 Å². The summed E-state index contributed by atoms with van der Waals surface area (Å²) < 4.78 is 0. The standard InChI is InChI=1S/C12H18/c1-3-5-6-7-12-9-8-11(4-2)10-12/h4,6-9,11-12H,2-3,5,10H2,1H3/b7-6+. The van der Waals surface area contributed by atoms with E-state index in [1.807, 2.05) is 6.08 Å². The molecule has 0 spiro atoms. The molecule has 0 heterocycles. The van der Waals surface area contributed by atoms with Gasteiger partial charge in [0.1, 0.15) is 0 Å². The van der Waals surface area contributed by atoms with Gasteiger partial charge in [0.15, 0.2) is 0 Å². The molecule has 1 rings (SSSR count). The number of unbranched alkanes of at least 4 members (excludes halogenated alkanes) is 1. The number of hydrogen-bond acceptors (Lipinski definition) is 0.